The second-order valence-electron chi connectivity index (χ2n) is 5.69. The van der Waals surface area contributed by atoms with Crippen molar-refractivity contribution in [2.75, 3.05) is 11.9 Å². The van der Waals surface area contributed by atoms with Gasteiger partial charge in [-0.3, -0.25) is 4.79 Å². The monoisotopic (exact) mass is 262 g/mol. The van der Waals surface area contributed by atoms with Crippen molar-refractivity contribution in [2.24, 2.45) is 5.92 Å². The lowest BCUT2D eigenvalue weighted by atomic mass is 10.0. The Kier molecular flexibility index (Phi) is 5.49. The summed E-state index contributed by atoms with van der Waals surface area (Å²) in [5.74, 6) is 0.800. The Morgan fingerprint density at radius 1 is 1.21 bits per heavy atom. The van der Waals surface area contributed by atoms with E-state index >= 15 is 0 Å². The van der Waals surface area contributed by atoms with Gasteiger partial charge in [-0.1, -0.05) is 32.6 Å². The molecular formula is C16H26N2O. The van der Waals surface area contributed by atoms with Gasteiger partial charge in [0.1, 0.15) is 0 Å². The molecule has 1 fully saturated rings. The molecule has 1 aromatic heterocycles. The lowest BCUT2D eigenvalue weighted by Gasteiger charge is -2.16. The molecular weight excluding hydrogens is 236 g/mol. The van der Waals surface area contributed by atoms with Gasteiger partial charge in [-0.15, -0.1) is 0 Å². The summed E-state index contributed by atoms with van der Waals surface area (Å²) in [4.78, 5) is 11.6. The number of hydrogen-bond donors (Lipinski definition) is 1. The van der Waals surface area contributed by atoms with Crippen LogP contribution in [0.1, 0.15) is 51.9 Å². The van der Waals surface area contributed by atoms with Crippen molar-refractivity contribution in [1.82, 2.24) is 4.57 Å². The molecule has 1 N–H and O–H groups in total. The number of nitrogens with zero attached hydrogens (tertiary/aromatic N) is 1. The minimum atomic E-state index is 0.0990. The topological polar surface area (TPSA) is 34.0 Å². The van der Waals surface area contributed by atoms with Crippen LogP contribution in [-0.4, -0.2) is 11.1 Å². The molecule has 3 nitrogen and oxygen atoms in total. The molecule has 106 valence electrons. The molecule has 1 saturated carbocycles. The van der Waals surface area contributed by atoms with E-state index in [4.69, 9.17) is 0 Å². The third kappa shape index (κ3) is 4.41. The fourth-order valence-corrected chi connectivity index (χ4v) is 2.88. The molecule has 0 aliphatic heterocycles. The number of pyridine rings is 1. The predicted octanol–water partition coefficient (Wildman–Crippen LogP) is 3.64. The molecule has 2 rings (SSSR count). The van der Waals surface area contributed by atoms with Crippen molar-refractivity contribution in [2.45, 2.75) is 58.4 Å². The standard InChI is InChI=1S/C16H26N2O/c1-2-11-18-13-15(9-10-16(18)19)17-12-14-7-5-3-4-6-8-14/h9-10,13-14,17H,2-8,11-12H2,1H3. The van der Waals surface area contributed by atoms with Crippen molar-refractivity contribution in [3.63, 3.8) is 0 Å². The van der Waals surface area contributed by atoms with Gasteiger partial charge >= 0.3 is 0 Å². The van der Waals surface area contributed by atoms with Crippen molar-refractivity contribution in [3.8, 4) is 0 Å². The number of nitrogens with one attached hydrogen (secondary N) is 1. The summed E-state index contributed by atoms with van der Waals surface area (Å²) in [6.07, 6.45) is 11.2. The van der Waals surface area contributed by atoms with Crippen molar-refractivity contribution >= 4 is 5.69 Å². The summed E-state index contributed by atoms with van der Waals surface area (Å²) in [6, 6.07) is 3.58. The van der Waals surface area contributed by atoms with Gasteiger partial charge in [0.2, 0.25) is 0 Å². The summed E-state index contributed by atoms with van der Waals surface area (Å²) < 4.78 is 1.80. The van der Waals surface area contributed by atoms with Crippen molar-refractivity contribution in [3.05, 3.63) is 28.7 Å². The van der Waals surface area contributed by atoms with Gasteiger partial charge in [0, 0.05) is 25.4 Å². The molecule has 0 bridgehead atoms. The molecule has 19 heavy (non-hydrogen) atoms. The molecule has 0 radical (unpaired) electrons. The zero-order valence-electron chi connectivity index (χ0n) is 12.0. The first kappa shape index (κ1) is 14.2. The first-order valence-electron chi connectivity index (χ1n) is 7.74. The van der Waals surface area contributed by atoms with Crippen LogP contribution < -0.4 is 10.9 Å². The van der Waals surface area contributed by atoms with Crippen LogP contribution in [0.3, 0.4) is 0 Å². The SMILES string of the molecule is CCCn1cc(NCC2CCCCCC2)ccc1=O. The van der Waals surface area contributed by atoms with Crippen LogP contribution in [0.4, 0.5) is 5.69 Å². The van der Waals surface area contributed by atoms with Gasteiger partial charge in [-0.25, -0.2) is 0 Å². The first-order chi connectivity index (χ1) is 9.29. The Labute approximate surface area is 116 Å². The predicted molar refractivity (Wildman–Crippen MR) is 80.7 cm³/mol. The fraction of sp³-hybridized carbons (Fsp3) is 0.688. The van der Waals surface area contributed by atoms with Crippen molar-refractivity contribution < 1.29 is 0 Å². The molecule has 3 heteroatoms. The zero-order valence-corrected chi connectivity index (χ0v) is 12.0. The van der Waals surface area contributed by atoms with Crippen molar-refractivity contribution in [1.29, 1.82) is 0 Å². The Hall–Kier alpha value is -1.25. The average molecular weight is 262 g/mol. The minimum absolute atomic E-state index is 0.0990. The quantitative estimate of drug-likeness (QED) is 0.822. The third-order valence-electron chi connectivity index (χ3n) is 4.02. The fourth-order valence-electron chi connectivity index (χ4n) is 2.88. The first-order valence-corrected chi connectivity index (χ1v) is 7.74. The van der Waals surface area contributed by atoms with E-state index in [9.17, 15) is 4.79 Å². The molecule has 0 aromatic carbocycles. The van der Waals surface area contributed by atoms with Crippen LogP contribution in [0.2, 0.25) is 0 Å². The van der Waals surface area contributed by atoms with E-state index in [-0.39, 0.29) is 5.56 Å². The number of rotatable bonds is 5. The Morgan fingerprint density at radius 2 is 1.95 bits per heavy atom. The minimum Gasteiger partial charge on any atom is -0.384 e. The van der Waals surface area contributed by atoms with Gasteiger partial charge in [-0.05, 0) is 31.2 Å². The summed E-state index contributed by atoms with van der Waals surface area (Å²) in [7, 11) is 0. The van der Waals surface area contributed by atoms with E-state index in [1.165, 1.54) is 38.5 Å². The van der Waals surface area contributed by atoms with E-state index in [1.807, 2.05) is 12.3 Å². The van der Waals surface area contributed by atoms with Crippen LogP contribution in [0.5, 0.6) is 0 Å². The lowest BCUT2D eigenvalue weighted by molar-refractivity contribution is 0.483. The molecule has 0 amide bonds. The number of aryl methyl sites for hydroxylation is 1. The largest absolute Gasteiger partial charge is 0.384 e. The Balaban J connectivity index is 1.91. The highest BCUT2D eigenvalue weighted by Crippen LogP contribution is 2.23. The zero-order chi connectivity index (χ0) is 13.5. The molecule has 0 saturated heterocycles. The van der Waals surface area contributed by atoms with Crippen LogP contribution in [0, 0.1) is 5.92 Å². The maximum atomic E-state index is 11.6. The molecule has 1 aliphatic carbocycles. The van der Waals surface area contributed by atoms with Gasteiger partial charge in [0.15, 0.2) is 0 Å². The second-order valence-corrected chi connectivity index (χ2v) is 5.69. The van der Waals surface area contributed by atoms with Crippen LogP contribution in [-0.2, 0) is 6.54 Å². The van der Waals surface area contributed by atoms with E-state index in [0.29, 0.717) is 0 Å². The van der Waals surface area contributed by atoms with E-state index in [1.54, 1.807) is 10.6 Å². The third-order valence-corrected chi connectivity index (χ3v) is 4.02. The summed E-state index contributed by atoms with van der Waals surface area (Å²) in [5.41, 5.74) is 1.18. The molecule has 0 unspecified atom stereocenters. The molecule has 1 heterocycles. The highest BCUT2D eigenvalue weighted by atomic mass is 16.1. The van der Waals surface area contributed by atoms with Gasteiger partial charge in [0.05, 0.1) is 5.69 Å². The van der Waals surface area contributed by atoms with E-state index < -0.39 is 0 Å². The van der Waals surface area contributed by atoms with E-state index in [0.717, 1.165) is 31.1 Å². The van der Waals surface area contributed by atoms with Gasteiger partial charge in [-0.2, -0.15) is 0 Å². The normalized spacial score (nSPS) is 17.1. The maximum absolute atomic E-state index is 11.6. The van der Waals surface area contributed by atoms with Gasteiger partial charge < -0.3 is 9.88 Å². The smallest absolute Gasteiger partial charge is 0.250 e. The molecule has 0 spiro atoms. The molecule has 1 aliphatic rings. The summed E-state index contributed by atoms with van der Waals surface area (Å²) in [5, 5.41) is 3.51. The Morgan fingerprint density at radius 3 is 2.63 bits per heavy atom. The van der Waals surface area contributed by atoms with Gasteiger partial charge in [0.25, 0.3) is 5.56 Å². The lowest BCUT2D eigenvalue weighted by Crippen LogP contribution is -2.20. The number of hydrogen-bond acceptors (Lipinski definition) is 2. The van der Waals surface area contributed by atoms with Crippen LogP contribution >= 0.6 is 0 Å². The maximum Gasteiger partial charge on any atom is 0.250 e. The number of aromatic nitrogens is 1. The van der Waals surface area contributed by atoms with Crippen LogP contribution in [0.15, 0.2) is 23.1 Å². The molecule has 0 atom stereocenters. The number of anilines is 1. The Bertz CT molecular complexity index is 431. The molecule has 1 aromatic rings. The summed E-state index contributed by atoms with van der Waals surface area (Å²) in [6.45, 7) is 3.94. The highest BCUT2D eigenvalue weighted by molar-refractivity contribution is 5.40. The highest BCUT2D eigenvalue weighted by Gasteiger charge is 2.11. The average Bonchev–Trinajstić information content (AvgIpc) is 2.68. The van der Waals surface area contributed by atoms with E-state index in [2.05, 4.69) is 12.2 Å². The second kappa shape index (κ2) is 7.37. The summed E-state index contributed by atoms with van der Waals surface area (Å²) >= 11 is 0. The van der Waals surface area contributed by atoms with Crippen LogP contribution in [0.25, 0.3) is 0 Å².